The highest BCUT2D eigenvalue weighted by Crippen LogP contribution is 2.43. The maximum absolute atomic E-state index is 13.3. The lowest BCUT2D eigenvalue weighted by Crippen LogP contribution is -2.45. The first kappa shape index (κ1) is 35.3. The molecule has 7 heteroatoms. The van der Waals surface area contributed by atoms with Crippen molar-refractivity contribution in [2.45, 2.75) is 155 Å². The number of hydrogen-bond donors (Lipinski definition) is 0. The Morgan fingerprint density at radius 1 is 1.00 bits per heavy atom. The van der Waals surface area contributed by atoms with Crippen LogP contribution in [0, 0.1) is 11.8 Å². The van der Waals surface area contributed by atoms with Crippen LogP contribution in [0.4, 0.5) is 0 Å². The fraction of sp³-hybridized carbons (Fsp3) is 0.871. The van der Waals surface area contributed by atoms with Crippen molar-refractivity contribution in [1.29, 1.82) is 0 Å². The van der Waals surface area contributed by atoms with Crippen LogP contribution in [0.2, 0.25) is 36.3 Å². The van der Waals surface area contributed by atoms with Crippen molar-refractivity contribution in [3.8, 4) is 0 Å². The fourth-order valence-corrected chi connectivity index (χ4v) is 9.58. The predicted octanol–water partition coefficient (Wildman–Crippen LogP) is 8.84. The van der Waals surface area contributed by atoms with E-state index in [9.17, 15) is 9.59 Å². The number of carbonyl (C=O) groups excluding carboxylic acids is 2. The monoisotopic (exact) mass is 568 g/mol. The normalized spacial score (nSPS) is 21.8. The molecule has 0 aromatic heterocycles. The van der Waals surface area contributed by atoms with Gasteiger partial charge in [-0.25, -0.2) is 0 Å². The van der Waals surface area contributed by atoms with Gasteiger partial charge < -0.3 is 13.6 Å². The molecule has 5 nitrogen and oxygen atoms in total. The van der Waals surface area contributed by atoms with Crippen molar-refractivity contribution < 1.29 is 23.2 Å². The van der Waals surface area contributed by atoms with E-state index in [1.807, 2.05) is 0 Å². The van der Waals surface area contributed by atoms with Crippen molar-refractivity contribution in [3.05, 3.63) is 12.2 Å². The van der Waals surface area contributed by atoms with Gasteiger partial charge in [0.2, 0.25) is 0 Å². The molecule has 4 atom stereocenters. The maximum atomic E-state index is 13.3. The van der Waals surface area contributed by atoms with Crippen molar-refractivity contribution in [3.63, 3.8) is 0 Å². The molecule has 0 N–H and O–H groups in total. The van der Waals surface area contributed by atoms with Crippen LogP contribution in [-0.2, 0) is 23.2 Å². The number of hydrogen-bond acceptors (Lipinski definition) is 5. The average Bonchev–Trinajstić information content (AvgIpc) is 3.16. The number of ether oxygens (including phenoxy) is 1. The molecule has 0 heterocycles. The van der Waals surface area contributed by atoms with Gasteiger partial charge in [-0.2, -0.15) is 0 Å². The standard InChI is InChI=1S/C31H60O5Si2/c1-11-25(35-38(12-2,13-3)14-4)22-23-27-26(20-18-16-15-17-19-21-30(33)34-8)28(32)24-29(27)36-37(9,10)31(5,6)7/h22-23,25-27,29H,11-21,24H2,1-10H3/b23-22+/t25-,26+,27-,29-/m1/s1. The Labute approximate surface area is 237 Å². The zero-order valence-corrected chi connectivity index (χ0v) is 28.5. The quantitative estimate of drug-likeness (QED) is 0.0715. The smallest absolute Gasteiger partial charge is 0.305 e. The van der Waals surface area contributed by atoms with Gasteiger partial charge in [0.1, 0.15) is 5.78 Å². The molecule has 0 spiro atoms. The van der Waals surface area contributed by atoms with Gasteiger partial charge in [0.05, 0.1) is 19.3 Å². The van der Waals surface area contributed by atoms with Crippen LogP contribution in [0.5, 0.6) is 0 Å². The van der Waals surface area contributed by atoms with Crippen LogP contribution >= 0.6 is 0 Å². The molecular weight excluding hydrogens is 509 g/mol. The summed E-state index contributed by atoms with van der Waals surface area (Å²) in [4.78, 5) is 24.6. The molecule has 0 radical (unpaired) electrons. The number of esters is 1. The molecule has 0 aromatic rings. The largest absolute Gasteiger partial charge is 0.469 e. The highest BCUT2D eigenvalue weighted by Gasteiger charge is 2.47. The van der Waals surface area contributed by atoms with E-state index in [0.717, 1.165) is 63.1 Å². The Hall–Kier alpha value is -0.766. The maximum Gasteiger partial charge on any atom is 0.305 e. The predicted molar refractivity (Wildman–Crippen MR) is 165 cm³/mol. The van der Waals surface area contributed by atoms with Crippen molar-refractivity contribution in [2.24, 2.45) is 11.8 Å². The molecule has 38 heavy (non-hydrogen) atoms. The minimum atomic E-state index is -2.00. The van der Waals surface area contributed by atoms with E-state index >= 15 is 0 Å². The third-order valence-corrected chi connectivity index (χ3v) is 18.5. The molecule has 0 unspecified atom stereocenters. The summed E-state index contributed by atoms with van der Waals surface area (Å²) < 4.78 is 18.4. The van der Waals surface area contributed by atoms with Crippen LogP contribution in [0.15, 0.2) is 12.2 Å². The highest BCUT2D eigenvalue weighted by molar-refractivity contribution is 6.74. The second-order valence-corrected chi connectivity index (χ2v) is 22.3. The van der Waals surface area contributed by atoms with E-state index < -0.39 is 16.6 Å². The van der Waals surface area contributed by atoms with E-state index in [4.69, 9.17) is 13.6 Å². The van der Waals surface area contributed by atoms with Crippen molar-refractivity contribution in [1.82, 2.24) is 0 Å². The lowest BCUT2D eigenvalue weighted by molar-refractivity contribution is -0.140. The molecule has 1 fully saturated rings. The molecule has 1 aliphatic rings. The first-order chi connectivity index (χ1) is 17.8. The Kier molecular flexibility index (Phi) is 15.3. The van der Waals surface area contributed by atoms with Crippen LogP contribution < -0.4 is 0 Å². The number of Topliss-reactive ketones (excluding diaryl/α,β-unsaturated/α-hetero) is 1. The highest BCUT2D eigenvalue weighted by atomic mass is 28.4. The van der Waals surface area contributed by atoms with Crippen LogP contribution in [0.3, 0.4) is 0 Å². The third kappa shape index (κ3) is 10.7. The first-order valence-corrected chi connectivity index (χ1v) is 20.9. The van der Waals surface area contributed by atoms with Gasteiger partial charge in [-0.1, -0.05) is 86.3 Å². The molecule has 1 aliphatic carbocycles. The minimum Gasteiger partial charge on any atom is -0.469 e. The summed E-state index contributed by atoms with van der Waals surface area (Å²) in [6.45, 7) is 20.4. The van der Waals surface area contributed by atoms with Gasteiger partial charge in [-0.15, -0.1) is 0 Å². The van der Waals surface area contributed by atoms with Crippen LogP contribution in [0.25, 0.3) is 0 Å². The zero-order valence-electron chi connectivity index (χ0n) is 26.5. The molecule has 222 valence electrons. The van der Waals surface area contributed by atoms with Crippen molar-refractivity contribution in [2.75, 3.05) is 7.11 Å². The number of methoxy groups -OCH3 is 1. The third-order valence-electron chi connectivity index (χ3n) is 9.37. The average molecular weight is 569 g/mol. The van der Waals surface area contributed by atoms with Gasteiger partial charge in [0.15, 0.2) is 16.6 Å². The Bertz CT molecular complexity index is 731. The van der Waals surface area contributed by atoms with Crippen LogP contribution in [0.1, 0.15) is 106 Å². The summed E-state index contributed by atoms with van der Waals surface area (Å²) in [5.74, 6) is 0.381. The van der Waals surface area contributed by atoms with E-state index in [1.165, 1.54) is 7.11 Å². The second kappa shape index (κ2) is 16.5. The Balaban J connectivity index is 2.98. The van der Waals surface area contributed by atoms with Crippen molar-refractivity contribution >= 4 is 28.4 Å². The van der Waals surface area contributed by atoms with Gasteiger partial charge in [0, 0.05) is 24.7 Å². The molecule has 0 saturated heterocycles. The minimum absolute atomic E-state index is 0.0270. The molecule has 0 aromatic carbocycles. The number of rotatable bonds is 18. The topological polar surface area (TPSA) is 61.8 Å². The van der Waals surface area contributed by atoms with E-state index in [-0.39, 0.29) is 35.1 Å². The van der Waals surface area contributed by atoms with Gasteiger partial charge in [-0.3, -0.25) is 9.59 Å². The molecule has 0 bridgehead atoms. The lowest BCUT2D eigenvalue weighted by atomic mass is 9.88. The van der Waals surface area contributed by atoms with E-state index in [2.05, 4.69) is 73.7 Å². The fourth-order valence-electron chi connectivity index (χ4n) is 5.34. The second-order valence-electron chi connectivity index (χ2n) is 12.8. The van der Waals surface area contributed by atoms with Gasteiger partial charge >= 0.3 is 5.97 Å². The van der Waals surface area contributed by atoms with Gasteiger partial charge in [-0.05, 0) is 55.5 Å². The Morgan fingerprint density at radius 3 is 2.11 bits per heavy atom. The van der Waals surface area contributed by atoms with E-state index in [0.29, 0.717) is 18.6 Å². The summed E-state index contributed by atoms with van der Waals surface area (Å²) in [6, 6.07) is 3.43. The van der Waals surface area contributed by atoms with E-state index in [1.54, 1.807) is 0 Å². The molecule has 1 saturated carbocycles. The molecule has 0 aliphatic heterocycles. The first-order valence-electron chi connectivity index (χ1n) is 15.4. The SMILES string of the molecule is CC[C@H](/C=C/[C@@H]1[C@H](CCCCCCCC(=O)OC)C(=O)C[C@H]1O[Si](C)(C)C(C)(C)C)O[Si](CC)(CC)CC. The summed E-state index contributed by atoms with van der Waals surface area (Å²) in [7, 11) is -2.27. The Morgan fingerprint density at radius 2 is 1.58 bits per heavy atom. The number of carbonyl (C=O) groups is 2. The lowest BCUT2D eigenvalue weighted by Gasteiger charge is -2.39. The number of ketones is 1. The molecular formula is C31H60O5Si2. The zero-order chi connectivity index (χ0) is 29.0. The summed E-state index contributed by atoms with van der Waals surface area (Å²) in [5, 5.41) is 0.107. The summed E-state index contributed by atoms with van der Waals surface area (Å²) in [5.41, 5.74) is 0. The summed E-state index contributed by atoms with van der Waals surface area (Å²) >= 11 is 0. The number of unbranched alkanes of at least 4 members (excludes halogenated alkanes) is 4. The van der Waals surface area contributed by atoms with Crippen LogP contribution in [-0.4, -0.2) is 47.7 Å². The van der Waals surface area contributed by atoms with Gasteiger partial charge in [0.25, 0.3) is 0 Å². The molecule has 1 rings (SSSR count). The summed E-state index contributed by atoms with van der Waals surface area (Å²) in [6.07, 6.45) is 12.7. The molecule has 0 amide bonds.